The Kier molecular flexibility index (Phi) is 7.13. The van der Waals surface area contributed by atoms with E-state index in [1.165, 1.54) is 29.7 Å². The van der Waals surface area contributed by atoms with E-state index in [1.807, 2.05) is 30.5 Å². The van der Waals surface area contributed by atoms with Crippen molar-refractivity contribution in [2.45, 2.75) is 40.0 Å². The molecule has 3 heterocycles. The van der Waals surface area contributed by atoms with Crippen LogP contribution in [0.5, 0.6) is 11.5 Å². The van der Waals surface area contributed by atoms with Gasteiger partial charge in [-0.3, -0.25) is 4.90 Å². The molecule has 0 unspecified atom stereocenters. The van der Waals surface area contributed by atoms with Crippen molar-refractivity contribution in [3.63, 3.8) is 0 Å². The molecule has 1 N–H and O–H groups in total. The van der Waals surface area contributed by atoms with Gasteiger partial charge in [-0.1, -0.05) is 49.2 Å². The topological polar surface area (TPSA) is 44.4 Å². The molecule has 39 heavy (non-hydrogen) atoms. The molecule has 0 saturated carbocycles. The number of hydrogen-bond donors (Lipinski definition) is 1. The number of halogens is 1. The Balaban J connectivity index is 1.13. The number of hydrogen-bond acceptors (Lipinski definition) is 4. The summed E-state index contributed by atoms with van der Waals surface area (Å²) in [6.07, 6.45) is 7.23. The van der Waals surface area contributed by atoms with Crippen molar-refractivity contribution in [3.05, 3.63) is 88.7 Å². The highest BCUT2D eigenvalue weighted by atomic mass is 35.5. The highest BCUT2D eigenvalue weighted by Gasteiger charge is 2.29. The number of anilines is 1. The lowest BCUT2D eigenvalue weighted by molar-refractivity contribution is 0.264. The van der Waals surface area contributed by atoms with Crippen LogP contribution in [0.3, 0.4) is 0 Å². The van der Waals surface area contributed by atoms with Crippen molar-refractivity contribution in [2.75, 3.05) is 37.6 Å². The normalized spacial score (nSPS) is 18.1. The first-order valence-corrected chi connectivity index (χ1v) is 14.4. The largest absolute Gasteiger partial charge is 0.455 e. The lowest BCUT2D eigenvalue weighted by Gasteiger charge is -2.39. The van der Waals surface area contributed by atoms with Crippen molar-refractivity contribution in [2.24, 2.45) is 5.41 Å². The van der Waals surface area contributed by atoms with E-state index in [0.29, 0.717) is 5.41 Å². The Morgan fingerprint density at radius 1 is 1.00 bits per heavy atom. The second-order valence-electron chi connectivity index (χ2n) is 11.8. The van der Waals surface area contributed by atoms with Crippen LogP contribution in [0.4, 0.5) is 5.69 Å². The summed E-state index contributed by atoms with van der Waals surface area (Å²) in [6.45, 7) is 12.1. The van der Waals surface area contributed by atoms with Gasteiger partial charge in [0.25, 0.3) is 0 Å². The maximum atomic E-state index is 6.29. The van der Waals surface area contributed by atoms with Crippen LogP contribution in [-0.4, -0.2) is 47.6 Å². The van der Waals surface area contributed by atoms with Gasteiger partial charge in [0.1, 0.15) is 17.1 Å². The van der Waals surface area contributed by atoms with Crippen LogP contribution in [0.1, 0.15) is 44.2 Å². The summed E-state index contributed by atoms with van der Waals surface area (Å²) in [6, 6.07) is 19.0. The Hall–Kier alpha value is -3.28. The molecule has 0 atom stereocenters. The Bertz CT molecular complexity index is 1500. The average molecular weight is 541 g/mol. The van der Waals surface area contributed by atoms with E-state index in [9.17, 15) is 0 Å². The van der Waals surface area contributed by atoms with Crippen molar-refractivity contribution in [3.8, 4) is 11.5 Å². The van der Waals surface area contributed by atoms with Gasteiger partial charge >= 0.3 is 0 Å². The predicted molar refractivity (Wildman–Crippen MR) is 162 cm³/mol. The predicted octanol–water partition coefficient (Wildman–Crippen LogP) is 8.10. The molecule has 0 spiro atoms. The minimum absolute atomic E-state index is 0.339. The lowest BCUT2D eigenvalue weighted by atomic mass is 9.72. The minimum Gasteiger partial charge on any atom is -0.455 e. The van der Waals surface area contributed by atoms with Crippen LogP contribution in [0, 0.1) is 12.3 Å². The molecule has 1 fully saturated rings. The molecule has 2 aliphatic rings. The molecule has 5 nitrogen and oxygen atoms in total. The third-order valence-corrected chi connectivity index (χ3v) is 8.56. The van der Waals surface area contributed by atoms with Gasteiger partial charge in [-0.15, -0.1) is 0 Å². The van der Waals surface area contributed by atoms with E-state index in [2.05, 4.69) is 70.9 Å². The maximum Gasteiger partial charge on any atom is 0.146 e. The number of aryl methyl sites for hydroxylation is 1. The van der Waals surface area contributed by atoms with Crippen LogP contribution in [0.25, 0.3) is 16.6 Å². The molecule has 1 aliphatic carbocycles. The first-order valence-electron chi connectivity index (χ1n) is 14.0. The number of benzene rings is 2. The molecule has 0 amide bonds. The Labute approximate surface area is 236 Å². The molecule has 0 radical (unpaired) electrons. The zero-order valence-corrected chi connectivity index (χ0v) is 23.9. The quantitative estimate of drug-likeness (QED) is 0.268. The summed E-state index contributed by atoms with van der Waals surface area (Å²) < 4.78 is 6.29. The van der Waals surface area contributed by atoms with Crippen LogP contribution < -0.4 is 9.64 Å². The number of allylic oxidation sites excluding steroid dienone is 1. The molecule has 202 valence electrons. The molecular formula is C33H37ClN4O. The van der Waals surface area contributed by atoms with Crippen LogP contribution in [0.15, 0.2) is 72.6 Å². The SMILES string of the molecule is Cc1ccc(N2CCN(CC3=C(c4ccc(Cl)cc4)CC(C)(C)CC3)CC2)cc1Oc1cnc2[nH]ccc2c1. The molecule has 0 bridgehead atoms. The van der Waals surface area contributed by atoms with Gasteiger partial charge in [-0.25, -0.2) is 4.98 Å². The first kappa shape index (κ1) is 26.0. The molecule has 1 aliphatic heterocycles. The van der Waals surface area contributed by atoms with Crippen LogP contribution >= 0.6 is 11.6 Å². The molecule has 1 saturated heterocycles. The second-order valence-corrected chi connectivity index (χ2v) is 12.3. The number of H-pyrrole nitrogens is 1. The number of rotatable bonds is 6. The summed E-state index contributed by atoms with van der Waals surface area (Å²) in [5.74, 6) is 1.64. The number of fused-ring (bicyclic) bond motifs is 1. The zero-order valence-electron chi connectivity index (χ0n) is 23.1. The number of ether oxygens (including phenoxy) is 1. The van der Waals surface area contributed by atoms with Crippen molar-refractivity contribution in [1.29, 1.82) is 0 Å². The van der Waals surface area contributed by atoms with Gasteiger partial charge in [0, 0.05) is 61.1 Å². The second kappa shape index (κ2) is 10.7. The van der Waals surface area contributed by atoms with Crippen molar-refractivity contribution < 1.29 is 4.74 Å². The highest BCUT2D eigenvalue weighted by Crippen LogP contribution is 2.43. The Morgan fingerprint density at radius 2 is 1.79 bits per heavy atom. The van der Waals surface area contributed by atoms with Gasteiger partial charge < -0.3 is 14.6 Å². The maximum absolute atomic E-state index is 6.29. The number of aromatic amines is 1. The van der Waals surface area contributed by atoms with Gasteiger partial charge in [0.15, 0.2) is 0 Å². The molecule has 2 aromatic heterocycles. The van der Waals surface area contributed by atoms with Gasteiger partial charge in [-0.2, -0.15) is 0 Å². The third kappa shape index (κ3) is 5.85. The van der Waals surface area contributed by atoms with Gasteiger partial charge in [0.2, 0.25) is 0 Å². The summed E-state index contributed by atoms with van der Waals surface area (Å²) in [7, 11) is 0. The number of pyridine rings is 1. The fourth-order valence-corrected chi connectivity index (χ4v) is 6.02. The molecular weight excluding hydrogens is 504 g/mol. The summed E-state index contributed by atoms with van der Waals surface area (Å²) in [5, 5.41) is 1.85. The molecule has 4 aromatic rings. The standard InChI is InChI=1S/C33H37ClN4O/c1-23-4-9-28(19-31(23)39-29-18-25-11-13-35-32(25)36-21-29)38-16-14-37(15-17-38)22-26-10-12-33(2,3)20-30(26)24-5-7-27(34)8-6-24/h4-9,11,13,18-19,21H,10,12,14-17,20,22H2,1-3H3,(H,35,36). The molecule has 2 aromatic carbocycles. The number of piperazine rings is 1. The van der Waals surface area contributed by atoms with Gasteiger partial charge in [-0.05, 0) is 78.6 Å². The average Bonchev–Trinajstić information content (AvgIpc) is 3.40. The van der Waals surface area contributed by atoms with Crippen molar-refractivity contribution >= 4 is 33.9 Å². The number of nitrogens with one attached hydrogen (secondary N) is 1. The highest BCUT2D eigenvalue weighted by molar-refractivity contribution is 6.30. The monoisotopic (exact) mass is 540 g/mol. The van der Waals surface area contributed by atoms with E-state index in [-0.39, 0.29) is 0 Å². The lowest BCUT2D eigenvalue weighted by Crippen LogP contribution is -2.47. The zero-order chi connectivity index (χ0) is 27.0. The van der Waals surface area contributed by atoms with E-state index in [1.54, 1.807) is 11.8 Å². The van der Waals surface area contributed by atoms with E-state index in [4.69, 9.17) is 16.3 Å². The van der Waals surface area contributed by atoms with E-state index < -0.39 is 0 Å². The fourth-order valence-electron chi connectivity index (χ4n) is 5.90. The third-order valence-electron chi connectivity index (χ3n) is 8.30. The number of nitrogens with zero attached hydrogens (tertiary/aromatic N) is 3. The van der Waals surface area contributed by atoms with Crippen molar-refractivity contribution in [1.82, 2.24) is 14.9 Å². The van der Waals surface area contributed by atoms with Crippen LogP contribution in [-0.2, 0) is 0 Å². The first-order chi connectivity index (χ1) is 18.8. The van der Waals surface area contributed by atoms with Crippen LogP contribution in [0.2, 0.25) is 5.02 Å². The smallest absolute Gasteiger partial charge is 0.146 e. The Morgan fingerprint density at radius 3 is 2.59 bits per heavy atom. The summed E-state index contributed by atoms with van der Waals surface area (Å²) >= 11 is 6.20. The summed E-state index contributed by atoms with van der Waals surface area (Å²) in [5.41, 5.74) is 8.01. The molecule has 6 heteroatoms. The summed E-state index contributed by atoms with van der Waals surface area (Å²) in [4.78, 5) is 12.7. The molecule has 6 rings (SSSR count). The van der Waals surface area contributed by atoms with E-state index >= 15 is 0 Å². The fraction of sp³-hybridized carbons (Fsp3) is 0.364. The van der Waals surface area contributed by atoms with Gasteiger partial charge in [0.05, 0.1) is 6.20 Å². The number of aromatic nitrogens is 2. The minimum atomic E-state index is 0.339. The van der Waals surface area contributed by atoms with E-state index in [0.717, 1.165) is 72.3 Å².